The van der Waals surface area contributed by atoms with Crippen LogP contribution in [0.2, 0.25) is 0 Å². The van der Waals surface area contributed by atoms with E-state index >= 15 is 0 Å². The van der Waals surface area contributed by atoms with Crippen LogP contribution in [0.15, 0.2) is 48.8 Å². The van der Waals surface area contributed by atoms with Crippen molar-refractivity contribution in [2.24, 2.45) is 0 Å². The Morgan fingerprint density at radius 2 is 1.94 bits per heavy atom. The first-order chi connectivity index (χ1) is 16.9. The summed E-state index contributed by atoms with van der Waals surface area (Å²) in [5.74, 6) is -0.0635. The summed E-state index contributed by atoms with van der Waals surface area (Å²) < 4.78 is 5.47. The second-order valence-electron chi connectivity index (χ2n) is 7.99. The van der Waals surface area contributed by atoms with Crippen LogP contribution < -0.4 is 20.3 Å². The minimum absolute atomic E-state index is 0.179. The highest BCUT2D eigenvalue weighted by atomic mass is 35.5. The first-order valence-corrected chi connectivity index (χ1v) is 11.5. The summed E-state index contributed by atoms with van der Waals surface area (Å²) in [6, 6.07) is 11.4. The maximum Gasteiger partial charge on any atom is 0.327 e. The number of benzene rings is 2. The lowest BCUT2D eigenvalue weighted by Gasteiger charge is -2.24. The number of nitrogens with zero attached hydrogens (tertiary/aromatic N) is 4. The molecule has 0 aliphatic carbocycles. The molecule has 2 aromatic carbocycles. The zero-order valence-corrected chi connectivity index (χ0v) is 20.1. The standard InChI is InChI=1S/C24H25ClN6O4/c1-30(24(34)28-15-7-4-3-5-8-15)22-16-11-18(20(35-2)12-17(16)26-14-27-22)29-23(33)19-9-6-10-31(19)21(32)13-25/h3-5,7-8,11-12,14,19H,6,9-10,13H2,1-2H3,(H,28,34)(H,29,33)/t19-/m0/s1. The number of alkyl halides is 1. The average molecular weight is 497 g/mol. The van der Waals surface area contributed by atoms with Gasteiger partial charge in [-0.25, -0.2) is 14.8 Å². The molecule has 0 saturated carbocycles. The van der Waals surface area contributed by atoms with E-state index in [-0.39, 0.29) is 17.7 Å². The maximum atomic E-state index is 13.1. The Kier molecular flexibility index (Phi) is 7.31. The topological polar surface area (TPSA) is 117 Å². The molecule has 1 aliphatic rings. The van der Waals surface area contributed by atoms with Gasteiger partial charge in [0, 0.05) is 30.7 Å². The van der Waals surface area contributed by atoms with Crippen LogP contribution in [0.3, 0.4) is 0 Å². The molecule has 4 amide bonds. The van der Waals surface area contributed by atoms with Crippen LogP contribution in [0.5, 0.6) is 5.75 Å². The fourth-order valence-corrected chi connectivity index (χ4v) is 4.21. The molecule has 1 aliphatic heterocycles. The normalized spacial score (nSPS) is 15.1. The second-order valence-corrected chi connectivity index (χ2v) is 8.26. The first kappa shape index (κ1) is 24.2. The number of hydrogen-bond donors (Lipinski definition) is 2. The Morgan fingerprint density at radius 1 is 1.17 bits per heavy atom. The third kappa shape index (κ3) is 5.12. The number of nitrogens with one attached hydrogen (secondary N) is 2. The number of urea groups is 1. The number of anilines is 3. The van der Waals surface area contributed by atoms with Gasteiger partial charge in [-0.2, -0.15) is 0 Å². The fourth-order valence-electron chi connectivity index (χ4n) is 4.06. The van der Waals surface area contributed by atoms with Gasteiger partial charge in [0.05, 0.1) is 18.3 Å². The number of carbonyl (C=O) groups excluding carboxylic acids is 3. The number of amides is 4. The number of hydrogen-bond acceptors (Lipinski definition) is 6. The lowest BCUT2D eigenvalue weighted by atomic mass is 10.1. The first-order valence-electron chi connectivity index (χ1n) is 11.0. The summed E-state index contributed by atoms with van der Waals surface area (Å²) in [7, 11) is 3.08. The van der Waals surface area contributed by atoms with Crippen LogP contribution in [0.25, 0.3) is 10.9 Å². The Labute approximate surface area is 207 Å². The number of likely N-dealkylation sites (tertiary alicyclic amines) is 1. The van der Waals surface area contributed by atoms with Crippen molar-refractivity contribution in [3.63, 3.8) is 0 Å². The molecular weight excluding hydrogens is 472 g/mol. The fraction of sp³-hybridized carbons (Fsp3) is 0.292. The molecule has 11 heteroatoms. The number of rotatable bonds is 6. The van der Waals surface area contributed by atoms with Crippen molar-refractivity contribution >= 4 is 57.5 Å². The van der Waals surface area contributed by atoms with E-state index in [1.807, 2.05) is 18.2 Å². The SMILES string of the molecule is COc1cc2ncnc(N(C)C(=O)Nc3ccccc3)c2cc1NC(=O)[C@@H]1CCCN1C(=O)CCl. The molecule has 10 nitrogen and oxygen atoms in total. The Hall–Kier alpha value is -3.92. The smallest absolute Gasteiger partial charge is 0.327 e. The number of fused-ring (bicyclic) bond motifs is 1. The van der Waals surface area contributed by atoms with Gasteiger partial charge in [-0.1, -0.05) is 18.2 Å². The summed E-state index contributed by atoms with van der Waals surface area (Å²) >= 11 is 5.70. The lowest BCUT2D eigenvalue weighted by molar-refractivity contribution is -0.134. The number of halogens is 1. The van der Waals surface area contributed by atoms with E-state index in [0.29, 0.717) is 46.8 Å². The van der Waals surface area contributed by atoms with E-state index in [9.17, 15) is 14.4 Å². The van der Waals surface area contributed by atoms with Crippen LogP contribution >= 0.6 is 11.6 Å². The van der Waals surface area contributed by atoms with Crippen LogP contribution in [-0.4, -0.2) is 65.3 Å². The molecule has 0 spiro atoms. The van der Waals surface area contributed by atoms with Crippen molar-refractivity contribution in [2.75, 3.05) is 42.1 Å². The van der Waals surface area contributed by atoms with Gasteiger partial charge >= 0.3 is 6.03 Å². The quantitative estimate of drug-likeness (QED) is 0.505. The van der Waals surface area contributed by atoms with Crippen molar-refractivity contribution in [1.29, 1.82) is 0 Å². The van der Waals surface area contributed by atoms with Crippen LogP contribution in [0.1, 0.15) is 12.8 Å². The number of aromatic nitrogens is 2. The van der Waals surface area contributed by atoms with Crippen LogP contribution in [0, 0.1) is 0 Å². The van der Waals surface area contributed by atoms with Gasteiger partial charge in [0.1, 0.15) is 29.8 Å². The summed E-state index contributed by atoms with van der Waals surface area (Å²) in [4.78, 5) is 49.5. The molecule has 1 saturated heterocycles. The van der Waals surface area contributed by atoms with Gasteiger partial charge in [-0.15, -0.1) is 11.6 Å². The number of ether oxygens (including phenoxy) is 1. The van der Waals surface area contributed by atoms with Gasteiger partial charge in [0.15, 0.2) is 0 Å². The highest BCUT2D eigenvalue weighted by molar-refractivity contribution is 6.27. The number of carbonyl (C=O) groups is 3. The zero-order chi connectivity index (χ0) is 24.9. The van der Waals surface area contributed by atoms with Gasteiger partial charge in [-0.3, -0.25) is 14.5 Å². The molecule has 35 heavy (non-hydrogen) atoms. The monoisotopic (exact) mass is 496 g/mol. The predicted octanol–water partition coefficient (Wildman–Crippen LogP) is 3.48. The Balaban J connectivity index is 1.64. The van der Waals surface area contributed by atoms with Crippen LogP contribution in [-0.2, 0) is 9.59 Å². The average Bonchev–Trinajstić information content (AvgIpc) is 3.38. The van der Waals surface area contributed by atoms with Gasteiger partial charge < -0.3 is 20.3 Å². The van der Waals surface area contributed by atoms with Crippen molar-refractivity contribution in [3.8, 4) is 5.75 Å². The van der Waals surface area contributed by atoms with E-state index in [1.54, 1.807) is 31.3 Å². The van der Waals surface area contributed by atoms with E-state index in [1.165, 1.54) is 23.2 Å². The Bertz CT molecular complexity index is 1260. The third-order valence-corrected chi connectivity index (χ3v) is 6.06. The minimum atomic E-state index is -0.618. The number of methoxy groups -OCH3 is 1. The molecule has 2 N–H and O–H groups in total. The molecule has 1 atom stereocenters. The van der Waals surface area contributed by atoms with E-state index in [4.69, 9.17) is 16.3 Å². The maximum absolute atomic E-state index is 13.1. The van der Waals surface area contributed by atoms with E-state index in [0.717, 1.165) is 6.42 Å². The van der Waals surface area contributed by atoms with Gasteiger partial charge in [-0.05, 0) is 31.0 Å². The largest absolute Gasteiger partial charge is 0.494 e. The van der Waals surface area contributed by atoms with Crippen molar-refractivity contribution in [1.82, 2.24) is 14.9 Å². The molecule has 3 aromatic rings. The van der Waals surface area contributed by atoms with Gasteiger partial charge in [0.2, 0.25) is 11.8 Å². The van der Waals surface area contributed by atoms with Crippen molar-refractivity contribution < 1.29 is 19.1 Å². The summed E-state index contributed by atoms with van der Waals surface area (Å²) in [6.07, 6.45) is 2.62. The predicted molar refractivity (Wildman–Crippen MR) is 134 cm³/mol. The number of para-hydroxylation sites is 1. The molecule has 0 radical (unpaired) electrons. The highest BCUT2D eigenvalue weighted by Crippen LogP contribution is 2.34. The lowest BCUT2D eigenvalue weighted by Crippen LogP contribution is -2.43. The summed E-state index contributed by atoms with van der Waals surface area (Å²) in [6.45, 7) is 0.484. The van der Waals surface area contributed by atoms with Crippen molar-refractivity contribution in [3.05, 3.63) is 48.8 Å². The summed E-state index contributed by atoms with van der Waals surface area (Å²) in [5.41, 5.74) is 1.55. The molecule has 4 rings (SSSR count). The molecule has 1 aromatic heterocycles. The summed E-state index contributed by atoms with van der Waals surface area (Å²) in [5, 5.41) is 6.22. The molecular formula is C24H25ClN6O4. The molecule has 0 bridgehead atoms. The van der Waals surface area contributed by atoms with Gasteiger partial charge in [0.25, 0.3) is 0 Å². The zero-order valence-electron chi connectivity index (χ0n) is 19.3. The molecule has 0 unspecified atom stereocenters. The van der Waals surface area contributed by atoms with E-state index < -0.39 is 12.1 Å². The van der Waals surface area contributed by atoms with E-state index in [2.05, 4.69) is 20.6 Å². The molecule has 182 valence electrons. The minimum Gasteiger partial charge on any atom is -0.494 e. The molecule has 1 fully saturated rings. The highest BCUT2D eigenvalue weighted by Gasteiger charge is 2.34. The Morgan fingerprint density at radius 3 is 2.66 bits per heavy atom. The third-order valence-electron chi connectivity index (χ3n) is 5.83. The van der Waals surface area contributed by atoms with Crippen molar-refractivity contribution in [2.45, 2.75) is 18.9 Å². The molecule has 2 heterocycles. The second kappa shape index (κ2) is 10.6. The van der Waals surface area contributed by atoms with Crippen LogP contribution in [0.4, 0.5) is 22.0 Å².